The van der Waals surface area contributed by atoms with E-state index in [2.05, 4.69) is 31.9 Å². The van der Waals surface area contributed by atoms with Gasteiger partial charge in [0, 0.05) is 44.0 Å². The molecule has 0 bridgehead atoms. The maximum Gasteiger partial charge on any atom is 0.225 e. The van der Waals surface area contributed by atoms with Gasteiger partial charge in [0.25, 0.3) is 0 Å². The van der Waals surface area contributed by atoms with Gasteiger partial charge in [0.05, 0.1) is 13.7 Å². The Morgan fingerprint density at radius 1 is 1.15 bits per heavy atom. The first-order valence-electron chi connectivity index (χ1n) is 9.42. The molecule has 4 rings (SSSR count). The maximum absolute atomic E-state index is 6.30. The zero-order valence-electron chi connectivity index (χ0n) is 15.7. The number of nitrogens with zero attached hydrogens (tertiary/aromatic N) is 5. The van der Waals surface area contributed by atoms with Gasteiger partial charge in [-0.1, -0.05) is 12.1 Å². The third-order valence-corrected chi connectivity index (χ3v) is 5.52. The van der Waals surface area contributed by atoms with E-state index in [1.165, 1.54) is 5.56 Å². The Kier molecular flexibility index (Phi) is 4.83. The summed E-state index contributed by atoms with van der Waals surface area (Å²) in [5.74, 6) is 2.32. The molecule has 2 aromatic rings. The second-order valence-corrected chi connectivity index (χ2v) is 7.21. The molecule has 1 aliphatic carbocycles. The van der Waals surface area contributed by atoms with Gasteiger partial charge in [-0.2, -0.15) is 0 Å². The third-order valence-electron chi connectivity index (χ3n) is 5.52. The molecule has 142 valence electrons. The van der Waals surface area contributed by atoms with Crippen molar-refractivity contribution in [2.75, 3.05) is 44.7 Å². The molecule has 0 amide bonds. The van der Waals surface area contributed by atoms with Crippen molar-refractivity contribution in [2.45, 2.75) is 18.3 Å². The van der Waals surface area contributed by atoms with Crippen LogP contribution in [0.5, 0.6) is 5.75 Å². The Labute approximate surface area is 159 Å². The summed E-state index contributed by atoms with van der Waals surface area (Å²) in [5.41, 5.74) is 7.72. The molecule has 2 heterocycles. The largest absolute Gasteiger partial charge is 0.497 e. The van der Waals surface area contributed by atoms with Crippen molar-refractivity contribution < 1.29 is 4.74 Å². The summed E-state index contributed by atoms with van der Waals surface area (Å²) in [5, 5.41) is 0. The molecule has 1 saturated heterocycles. The first kappa shape index (κ1) is 17.6. The van der Waals surface area contributed by atoms with Crippen LogP contribution >= 0.6 is 0 Å². The zero-order valence-corrected chi connectivity index (χ0v) is 15.7. The van der Waals surface area contributed by atoms with E-state index >= 15 is 0 Å². The summed E-state index contributed by atoms with van der Waals surface area (Å²) >= 11 is 0. The van der Waals surface area contributed by atoms with Gasteiger partial charge >= 0.3 is 0 Å². The lowest BCUT2D eigenvalue weighted by Gasteiger charge is -2.35. The van der Waals surface area contributed by atoms with Crippen LogP contribution in [0, 0.1) is 0 Å². The summed E-state index contributed by atoms with van der Waals surface area (Å²) < 4.78 is 5.36. The van der Waals surface area contributed by atoms with Crippen molar-refractivity contribution in [3.63, 3.8) is 0 Å². The zero-order chi connectivity index (χ0) is 18.7. The lowest BCUT2D eigenvalue weighted by molar-refractivity contribution is 0.377. The van der Waals surface area contributed by atoms with Gasteiger partial charge in [0.2, 0.25) is 5.95 Å². The van der Waals surface area contributed by atoms with Crippen molar-refractivity contribution in [2.24, 2.45) is 10.7 Å². The summed E-state index contributed by atoms with van der Waals surface area (Å²) in [4.78, 5) is 17.7. The second-order valence-electron chi connectivity index (χ2n) is 7.21. The fourth-order valence-corrected chi connectivity index (χ4v) is 3.56. The van der Waals surface area contributed by atoms with Crippen LogP contribution in [0.2, 0.25) is 0 Å². The van der Waals surface area contributed by atoms with Gasteiger partial charge < -0.3 is 20.3 Å². The number of nitrogens with two attached hydrogens (primary N) is 1. The Balaban J connectivity index is 1.36. The van der Waals surface area contributed by atoms with E-state index in [0.29, 0.717) is 5.96 Å². The van der Waals surface area contributed by atoms with Gasteiger partial charge in [0.1, 0.15) is 5.75 Å². The Morgan fingerprint density at radius 2 is 1.89 bits per heavy atom. The lowest BCUT2D eigenvalue weighted by Crippen LogP contribution is -2.51. The highest BCUT2D eigenvalue weighted by Crippen LogP contribution is 2.49. The maximum atomic E-state index is 6.30. The van der Waals surface area contributed by atoms with Crippen molar-refractivity contribution >= 4 is 11.9 Å². The van der Waals surface area contributed by atoms with E-state index in [1.54, 1.807) is 19.5 Å². The molecular weight excluding hydrogens is 340 g/mol. The normalized spacial score (nSPS) is 19.1. The number of ether oxygens (including phenoxy) is 1. The molecule has 2 N–H and O–H groups in total. The molecule has 7 heteroatoms. The summed E-state index contributed by atoms with van der Waals surface area (Å²) in [6, 6.07) is 10.1. The van der Waals surface area contributed by atoms with Crippen molar-refractivity contribution in [1.29, 1.82) is 0 Å². The monoisotopic (exact) mass is 366 g/mol. The molecule has 2 aliphatic rings. The number of hydrogen-bond acceptors (Lipinski definition) is 5. The number of aromatic nitrogens is 2. The number of piperazine rings is 1. The summed E-state index contributed by atoms with van der Waals surface area (Å²) in [6.07, 6.45) is 5.85. The van der Waals surface area contributed by atoms with Crippen LogP contribution in [0.4, 0.5) is 5.95 Å². The Morgan fingerprint density at radius 3 is 2.56 bits per heavy atom. The molecule has 2 fully saturated rings. The molecular formula is C20H26N6O. The fourth-order valence-electron chi connectivity index (χ4n) is 3.56. The standard InChI is InChI=1S/C20H26N6O/c1-27-17-5-2-4-16(14-17)20(6-7-20)15-24-18(21)25-10-12-26(13-11-25)19-22-8-3-9-23-19/h2-5,8-9,14H,6-7,10-13,15H2,1H3,(H2,21,24). The summed E-state index contributed by atoms with van der Waals surface area (Å²) in [6.45, 7) is 4.09. The molecule has 1 aromatic heterocycles. The van der Waals surface area contributed by atoms with Gasteiger partial charge in [-0.05, 0) is 36.6 Å². The molecule has 0 unspecified atom stereocenters. The second kappa shape index (κ2) is 7.42. The summed E-state index contributed by atoms with van der Waals surface area (Å²) in [7, 11) is 1.70. The smallest absolute Gasteiger partial charge is 0.225 e. The topological polar surface area (TPSA) is 79.9 Å². The van der Waals surface area contributed by atoms with Gasteiger partial charge in [-0.25, -0.2) is 9.97 Å². The minimum Gasteiger partial charge on any atom is -0.497 e. The highest BCUT2D eigenvalue weighted by atomic mass is 16.5. The van der Waals surface area contributed by atoms with E-state index in [4.69, 9.17) is 15.5 Å². The first-order valence-corrected chi connectivity index (χ1v) is 9.42. The van der Waals surface area contributed by atoms with Crippen LogP contribution in [0.1, 0.15) is 18.4 Å². The SMILES string of the molecule is COc1cccc(C2(CN=C(N)N3CCN(c4ncccn4)CC3)CC2)c1. The number of benzene rings is 1. The van der Waals surface area contributed by atoms with Crippen LogP contribution < -0.4 is 15.4 Å². The van der Waals surface area contributed by atoms with Crippen LogP contribution in [-0.2, 0) is 5.41 Å². The minimum absolute atomic E-state index is 0.124. The van der Waals surface area contributed by atoms with Gasteiger partial charge in [0.15, 0.2) is 5.96 Å². The van der Waals surface area contributed by atoms with Crippen molar-refractivity contribution in [3.05, 3.63) is 48.3 Å². The Hall–Kier alpha value is -2.83. The number of guanidine groups is 1. The fraction of sp³-hybridized carbons (Fsp3) is 0.450. The molecule has 0 atom stereocenters. The number of anilines is 1. The van der Waals surface area contributed by atoms with Crippen molar-refractivity contribution in [3.8, 4) is 5.75 Å². The van der Waals surface area contributed by atoms with Gasteiger partial charge in [-0.3, -0.25) is 4.99 Å². The van der Waals surface area contributed by atoms with Crippen LogP contribution in [0.25, 0.3) is 0 Å². The molecule has 1 aromatic carbocycles. The predicted octanol–water partition coefficient (Wildman–Crippen LogP) is 1.65. The number of methoxy groups -OCH3 is 1. The minimum atomic E-state index is 0.124. The highest BCUT2D eigenvalue weighted by Gasteiger charge is 2.44. The van der Waals surface area contributed by atoms with E-state index < -0.39 is 0 Å². The average molecular weight is 366 g/mol. The lowest BCUT2D eigenvalue weighted by atomic mass is 9.96. The van der Waals surface area contributed by atoms with Crippen molar-refractivity contribution in [1.82, 2.24) is 14.9 Å². The molecule has 1 aliphatic heterocycles. The number of rotatable bonds is 5. The van der Waals surface area contributed by atoms with E-state index in [1.807, 2.05) is 18.2 Å². The van der Waals surface area contributed by atoms with Crippen LogP contribution in [0.15, 0.2) is 47.7 Å². The quantitative estimate of drug-likeness (QED) is 0.640. The number of hydrogen-bond donors (Lipinski definition) is 1. The van der Waals surface area contributed by atoms with E-state index in [-0.39, 0.29) is 5.41 Å². The van der Waals surface area contributed by atoms with Crippen LogP contribution in [-0.4, -0.2) is 60.7 Å². The third kappa shape index (κ3) is 3.82. The molecule has 0 radical (unpaired) electrons. The predicted molar refractivity (Wildman–Crippen MR) is 106 cm³/mol. The van der Waals surface area contributed by atoms with E-state index in [0.717, 1.165) is 57.3 Å². The molecule has 1 saturated carbocycles. The Bertz CT molecular complexity index is 797. The molecule has 0 spiro atoms. The van der Waals surface area contributed by atoms with Gasteiger partial charge in [-0.15, -0.1) is 0 Å². The molecule has 7 nitrogen and oxygen atoms in total. The van der Waals surface area contributed by atoms with E-state index in [9.17, 15) is 0 Å². The molecule has 27 heavy (non-hydrogen) atoms. The highest BCUT2D eigenvalue weighted by molar-refractivity contribution is 5.78. The number of aliphatic imine (C=N–C) groups is 1. The average Bonchev–Trinajstić information content (AvgIpc) is 3.54. The first-order chi connectivity index (χ1) is 13.2. The van der Waals surface area contributed by atoms with Crippen LogP contribution in [0.3, 0.4) is 0 Å².